The number of carbonyl (C=O) groups is 1. The molecule has 0 unspecified atom stereocenters. The molecule has 1 saturated carbocycles. The number of aromatic nitrogens is 3. The molecule has 2 aliphatic rings. The number of aliphatic hydroxyl groups excluding tert-OH is 3. The Morgan fingerprint density at radius 1 is 1.23 bits per heavy atom. The lowest BCUT2D eigenvalue weighted by Crippen LogP contribution is -2.62. The number of halogens is 2. The fourth-order valence-electron chi connectivity index (χ4n) is 5.80. The van der Waals surface area contributed by atoms with Crippen LogP contribution in [0.3, 0.4) is 0 Å². The van der Waals surface area contributed by atoms with E-state index in [0.29, 0.717) is 40.5 Å². The van der Waals surface area contributed by atoms with Gasteiger partial charge in [-0.25, -0.2) is 9.07 Å². The first-order chi connectivity index (χ1) is 20.7. The summed E-state index contributed by atoms with van der Waals surface area (Å²) in [4.78, 5) is 15.8. The van der Waals surface area contributed by atoms with Gasteiger partial charge in [0.25, 0.3) is 5.91 Å². The van der Waals surface area contributed by atoms with E-state index in [4.69, 9.17) is 14.7 Å². The van der Waals surface area contributed by atoms with Crippen LogP contribution in [0.5, 0.6) is 0 Å². The maximum atomic E-state index is 14.4. The van der Waals surface area contributed by atoms with Crippen molar-refractivity contribution >= 4 is 27.5 Å². The van der Waals surface area contributed by atoms with Gasteiger partial charge in [0.05, 0.1) is 42.1 Å². The molecule has 1 aliphatic carbocycles. The number of anilines is 1. The van der Waals surface area contributed by atoms with Crippen molar-refractivity contribution in [3.05, 3.63) is 64.0 Å². The van der Waals surface area contributed by atoms with Crippen molar-refractivity contribution in [2.75, 3.05) is 18.6 Å². The molecule has 5 rings (SSSR count). The van der Waals surface area contributed by atoms with Crippen LogP contribution in [0.4, 0.5) is 10.1 Å². The molecule has 1 saturated heterocycles. The zero-order valence-electron chi connectivity index (χ0n) is 22.9. The number of rotatable bonds is 7. The van der Waals surface area contributed by atoms with Crippen molar-refractivity contribution in [3.8, 4) is 23.4 Å². The Morgan fingerprint density at radius 3 is 2.65 bits per heavy atom. The number of methoxy groups -OCH3 is 1. The van der Waals surface area contributed by atoms with Crippen molar-refractivity contribution in [2.24, 2.45) is 0 Å². The molecule has 2 aromatic carbocycles. The van der Waals surface area contributed by atoms with E-state index >= 15 is 0 Å². The van der Waals surface area contributed by atoms with Gasteiger partial charge in [-0.15, -0.1) is 5.10 Å². The highest BCUT2D eigenvalue weighted by Crippen LogP contribution is 2.37. The number of nitriles is 2. The quantitative estimate of drug-likeness (QED) is 0.342. The molecular formula is C29H28BrFN6O6. The molecule has 1 amide bonds. The first-order valence-corrected chi connectivity index (χ1v) is 14.3. The molecule has 14 heteroatoms. The second kappa shape index (κ2) is 12.9. The lowest BCUT2D eigenvalue weighted by Gasteiger charge is -2.45. The maximum Gasteiger partial charge on any atom is 0.259 e. The zero-order valence-corrected chi connectivity index (χ0v) is 24.5. The third-order valence-corrected chi connectivity index (χ3v) is 8.34. The normalized spacial score (nSPS) is 26.9. The standard InChI is InChI=1S/C29H28BrFN6O6/c1-42-27-25(36-13-21(34-35-36)16-5-6-17(12-33)20(31)9-16)26(40)24(14-38)43-28(27)29(41)37(22-3-2-4-23(22)39)19-8-15(11-32)7-18(30)10-19/h5-10,13,22-28,38-40H,2-4,14H2,1H3/t22-,23-,24-,25+,26+,27-,28-/m1/s1. The van der Waals surface area contributed by atoms with Crippen LogP contribution in [0.2, 0.25) is 0 Å². The maximum absolute atomic E-state index is 14.4. The largest absolute Gasteiger partial charge is 0.394 e. The first kappa shape index (κ1) is 30.7. The SMILES string of the molecule is CO[C@@H]1[C@@H](n2cc(-c3ccc(C#N)c(F)c3)nn2)[C@@H](O)[C@@H](CO)O[C@H]1C(=O)N(c1cc(Br)cc(C#N)c1)[C@@H]1CCC[C@H]1O. The minimum absolute atomic E-state index is 0.133. The molecule has 3 N–H and O–H groups in total. The molecule has 0 spiro atoms. The van der Waals surface area contributed by atoms with Crippen LogP contribution in [0.25, 0.3) is 11.3 Å². The Kier molecular flexibility index (Phi) is 9.17. The molecule has 2 fully saturated rings. The molecule has 0 radical (unpaired) electrons. The summed E-state index contributed by atoms with van der Waals surface area (Å²) in [5.74, 6) is -1.34. The van der Waals surface area contributed by atoms with Gasteiger partial charge in [-0.05, 0) is 49.6 Å². The number of aliphatic hydroxyl groups is 3. The predicted molar refractivity (Wildman–Crippen MR) is 152 cm³/mol. The van der Waals surface area contributed by atoms with Crippen molar-refractivity contribution in [1.29, 1.82) is 10.5 Å². The van der Waals surface area contributed by atoms with E-state index in [1.807, 2.05) is 0 Å². The van der Waals surface area contributed by atoms with Gasteiger partial charge in [0.1, 0.15) is 41.9 Å². The fraction of sp³-hybridized carbons (Fsp3) is 0.414. The summed E-state index contributed by atoms with van der Waals surface area (Å²) in [6.07, 6.45) is -2.90. The van der Waals surface area contributed by atoms with Crippen molar-refractivity contribution in [1.82, 2.24) is 15.0 Å². The average molecular weight is 655 g/mol. The number of amides is 1. The number of carbonyl (C=O) groups excluding carboxylic acids is 1. The Morgan fingerprint density at radius 2 is 2.02 bits per heavy atom. The summed E-state index contributed by atoms with van der Waals surface area (Å²) < 4.78 is 27.8. The number of hydrogen-bond donors (Lipinski definition) is 3. The smallest absolute Gasteiger partial charge is 0.259 e. The molecule has 12 nitrogen and oxygen atoms in total. The highest BCUT2D eigenvalue weighted by atomic mass is 79.9. The van der Waals surface area contributed by atoms with Gasteiger partial charge in [0.15, 0.2) is 6.10 Å². The van der Waals surface area contributed by atoms with Crippen LogP contribution in [-0.2, 0) is 14.3 Å². The molecule has 7 atom stereocenters. The van der Waals surface area contributed by atoms with Crippen LogP contribution in [-0.4, -0.2) is 86.5 Å². The molecule has 3 aromatic rings. The summed E-state index contributed by atoms with van der Waals surface area (Å²) in [6, 6.07) is 10.9. The summed E-state index contributed by atoms with van der Waals surface area (Å²) in [6.45, 7) is -0.637. The lowest BCUT2D eigenvalue weighted by atomic mass is 9.91. The van der Waals surface area contributed by atoms with E-state index in [9.17, 15) is 29.8 Å². The monoisotopic (exact) mass is 654 g/mol. The fourth-order valence-corrected chi connectivity index (χ4v) is 6.28. The van der Waals surface area contributed by atoms with Gasteiger partial charge < -0.3 is 29.7 Å². The van der Waals surface area contributed by atoms with Crippen LogP contribution in [0.1, 0.15) is 36.4 Å². The third-order valence-electron chi connectivity index (χ3n) is 7.89. The summed E-state index contributed by atoms with van der Waals surface area (Å²) in [5.41, 5.74) is 1.07. The number of hydrogen-bond acceptors (Lipinski definition) is 10. The Labute approximate surface area is 254 Å². The minimum Gasteiger partial charge on any atom is -0.394 e. The van der Waals surface area contributed by atoms with Crippen LogP contribution in [0.15, 0.2) is 47.1 Å². The highest BCUT2D eigenvalue weighted by Gasteiger charge is 2.52. The van der Waals surface area contributed by atoms with Crippen LogP contribution in [0, 0.1) is 28.5 Å². The Balaban J connectivity index is 1.54. The van der Waals surface area contributed by atoms with Gasteiger partial charge in [0.2, 0.25) is 0 Å². The topological polar surface area (TPSA) is 178 Å². The van der Waals surface area contributed by atoms with Crippen molar-refractivity contribution < 1.29 is 34.0 Å². The highest BCUT2D eigenvalue weighted by molar-refractivity contribution is 9.10. The van der Waals surface area contributed by atoms with Gasteiger partial charge in [-0.2, -0.15) is 10.5 Å². The second-order valence-electron chi connectivity index (χ2n) is 10.4. The van der Waals surface area contributed by atoms with Gasteiger partial charge in [0, 0.05) is 22.8 Å². The molecule has 1 aliphatic heterocycles. The second-order valence-corrected chi connectivity index (χ2v) is 11.3. The lowest BCUT2D eigenvalue weighted by molar-refractivity contribution is -0.211. The minimum atomic E-state index is -1.40. The number of nitrogens with zero attached hydrogens (tertiary/aromatic N) is 6. The van der Waals surface area contributed by atoms with Gasteiger partial charge in [-0.1, -0.05) is 27.2 Å². The summed E-state index contributed by atoms with van der Waals surface area (Å²) in [7, 11) is 1.34. The Hall–Kier alpha value is -3.76. The molecule has 224 valence electrons. The molecule has 2 heterocycles. The molecular weight excluding hydrogens is 627 g/mol. The molecule has 1 aromatic heterocycles. The van der Waals surface area contributed by atoms with Crippen molar-refractivity contribution in [3.63, 3.8) is 0 Å². The van der Waals surface area contributed by atoms with Gasteiger partial charge >= 0.3 is 0 Å². The third kappa shape index (κ3) is 5.90. The number of benzene rings is 2. The van der Waals surface area contributed by atoms with E-state index in [0.717, 1.165) is 6.07 Å². The van der Waals surface area contributed by atoms with Crippen molar-refractivity contribution in [2.45, 2.75) is 61.9 Å². The molecule has 0 bridgehead atoms. The average Bonchev–Trinajstić information content (AvgIpc) is 3.66. The van der Waals surface area contributed by atoms with Crippen LogP contribution >= 0.6 is 15.9 Å². The summed E-state index contributed by atoms with van der Waals surface area (Å²) in [5, 5.41) is 59.0. The molecule has 43 heavy (non-hydrogen) atoms. The van der Waals surface area contributed by atoms with E-state index in [2.05, 4.69) is 32.3 Å². The first-order valence-electron chi connectivity index (χ1n) is 13.5. The summed E-state index contributed by atoms with van der Waals surface area (Å²) >= 11 is 3.39. The number of ether oxygens (including phenoxy) is 2. The van der Waals surface area contributed by atoms with E-state index in [1.54, 1.807) is 18.2 Å². The predicted octanol–water partition coefficient (Wildman–Crippen LogP) is 2.21. The van der Waals surface area contributed by atoms with E-state index in [1.165, 1.54) is 41.1 Å². The van der Waals surface area contributed by atoms with E-state index in [-0.39, 0.29) is 11.3 Å². The van der Waals surface area contributed by atoms with E-state index < -0.39 is 60.9 Å². The van der Waals surface area contributed by atoms with Gasteiger partial charge in [-0.3, -0.25) is 4.79 Å². The van der Waals surface area contributed by atoms with Crippen LogP contribution < -0.4 is 4.90 Å². The Bertz CT molecular complexity index is 1590. The zero-order chi connectivity index (χ0) is 30.8.